The largest absolute Gasteiger partial charge is 0.383 e. The van der Waals surface area contributed by atoms with Crippen molar-refractivity contribution in [2.24, 2.45) is 0 Å². The second kappa shape index (κ2) is 4.19. The fraction of sp³-hybridized carbons (Fsp3) is 0.250. The van der Waals surface area contributed by atoms with Crippen LogP contribution in [-0.2, 0) is 0 Å². The first-order chi connectivity index (χ1) is 6.15. The molecule has 13 heavy (non-hydrogen) atoms. The van der Waals surface area contributed by atoms with Crippen molar-refractivity contribution < 1.29 is 10.2 Å². The lowest BCUT2D eigenvalue weighted by Crippen LogP contribution is -2.16. The Kier molecular flexibility index (Phi) is 3.20. The van der Waals surface area contributed by atoms with E-state index in [1.54, 1.807) is 0 Å². The molecule has 5 heteroatoms. The monoisotopic (exact) mass is 198 g/mol. The van der Waals surface area contributed by atoms with Gasteiger partial charge in [0.2, 0.25) is 0 Å². The molecule has 68 valence electrons. The number of hydrogen-bond donors (Lipinski definition) is 2. The van der Waals surface area contributed by atoms with Gasteiger partial charge in [-0.2, -0.15) is 5.26 Å². The van der Waals surface area contributed by atoms with Crippen molar-refractivity contribution >= 4 is 11.6 Å². The molecule has 0 aliphatic rings. The number of halogens is 1. The van der Waals surface area contributed by atoms with Gasteiger partial charge < -0.3 is 10.2 Å². The Morgan fingerprint density at radius 3 is 2.62 bits per heavy atom. The van der Waals surface area contributed by atoms with Crippen molar-refractivity contribution in [1.82, 2.24) is 4.98 Å². The van der Waals surface area contributed by atoms with E-state index in [4.69, 9.17) is 22.0 Å². The lowest BCUT2D eigenvalue weighted by atomic mass is 10.1. The van der Waals surface area contributed by atoms with E-state index < -0.39 is 12.2 Å². The molecule has 0 saturated heterocycles. The normalized spacial score (nSPS) is 14.6. The van der Waals surface area contributed by atoms with Gasteiger partial charge in [0.25, 0.3) is 0 Å². The smallest absolute Gasteiger partial charge is 0.171 e. The van der Waals surface area contributed by atoms with Gasteiger partial charge in [0.05, 0.1) is 16.8 Å². The van der Waals surface area contributed by atoms with Gasteiger partial charge in [0.1, 0.15) is 6.10 Å². The van der Waals surface area contributed by atoms with E-state index in [0.29, 0.717) is 5.02 Å². The topological polar surface area (TPSA) is 77.1 Å². The highest BCUT2D eigenvalue weighted by Gasteiger charge is 2.18. The average molecular weight is 199 g/mol. The summed E-state index contributed by atoms with van der Waals surface area (Å²) < 4.78 is 0. The van der Waals surface area contributed by atoms with E-state index in [-0.39, 0.29) is 5.69 Å². The zero-order chi connectivity index (χ0) is 9.84. The summed E-state index contributed by atoms with van der Waals surface area (Å²) >= 11 is 5.56. The Morgan fingerprint density at radius 1 is 1.46 bits per heavy atom. The number of rotatable bonds is 2. The van der Waals surface area contributed by atoms with Gasteiger partial charge in [-0.05, 0) is 12.1 Å². The van der Waals surface area contributed by atoms with Gasteiger partial charge in [-0.25, -0.2) is 0 Å². The molecule has 0 aliphatic heterocycles. The van der Waals surface area contributed by atoms with Crippen LogP contribution >= 0.6 is 11.6 Å². The molecule has 2 unspecified atom stereocenters. The van der Waals surface area contributed by atoms with Crippen LogP contribution in [0.15, 0.2) is 18.3 Å². The molecule has 1 aromatic heterocycles. The molecule has 0 saturated carbocycles. The van der Waals surface area contributed by atoms with Crippen LogP contribution in [0.1, 0.15) is 11.8 Å². The summed E-state index contributed by atoms with van der Waals surface area (Å²) in [5.74, 6) is 0. The third-order valence-corrected chi connectivity index (χ3v) is 1.71. The molecule has 0 aliphatic carbocycles. The summed E-state index contributed by atoms with van der Waals surface area (Å²) in [5.41, 5.74) is 0.221. The number of hydrogen-bond acceptors (Lipinski definition) is 4. The summed E-state index contributed by atoms with van der Waals surface area (Å²) in [6.07, 6.45) is -1.42. The summed E-state index contributed by atoms with van der Waals surface area (Å²) in [7, 11) is 0. The molecule has 1 aromatic rings. The number of nitrogens with zero attached hydrogens (tertiary/aromatic N) is 2. The lowest BCUT2D eigenvalue weighted by Gasteiger charge is -2.10. The van der Waals surface area contributed by atoms with Crippen molar-refractivity contribution in [3.63, 3.8) is 0 Å². The predicted molar refractivity (Wildman–Crippen MR) is 45.8 cm³/mol. The van der Waals surface area contributed by atoms with Gasteiger partial charge in [0.15, 0.2) is 6.10 Å². The minimum absolute atomic E-state index is 0.221. The van der Waals surface area contributed by atoms with E-state index in [1.807, 2.05) is 0 Å². The van der Waals surface area contributed by atoms with Crippen molar-refractivity contribution in [1.29, 1.82) is 5.26 Å². The molecular weight excluding hydrogens is 192 g/mol. The molecule has 1 heterocycles. The summed E-state index contributed by atoms with van der Waals surface area (Å²) in [6, 6.07) is 4.49. The highest BCUT2D eigenvalue weighted by Crippen LogP contribution is 2.15. The highest BCUT2D eigenvalue weighted by atomic mass is 35.5. The minimum atomic E-state index is -1.46. The molecule has 2 atom stereocenters. The second-order valence-electron chi connectivity index (χ2n) is 2.42. The minimum Gasteiger partial charge on any atom is -0.383 e. The lowest BCUT2D eigenvalue weighted by molar-refractivity contribution is 0.0499. The number of nitriles is 1. The van der Waals surface area contributed by atoms with Gasteiger partial charge in [0, 0.05) is 6.20 Å². The summed E-state index contributed by atoms with van der Waals surface area (Å²) in [5, 5.41) is 27.0. The average Bonchev–Trinajstić information content (AvgIpc) is 2.17. The Balaban J connectivity index is 2.84. The Morgan fingerprint density at radius 2 is 2.15 bits per heavy atom. The SMILES string of the molecule is N#CC(O)C(O)c1ccc(Cl)cn1. The summed E-state index contributed by atoms with van der Waals surface area (Å²) in [4.78, 5) is 3.75. The number of aromatic nitrogens is 1. The number of aliphatic hydroxyl groups is 2. The van der Waals surface area contributed by atoms with Gasteiger partial charge in [-0.15, -0.1) is 0 Å². The van der Waals surface area contributed by atoms with Crippen LogP contribution in [0.2, 0.25) is 5.02 Å². The van der Waals surface area contributed by atoms with Crippen molar-refractivity contribution in [3.8, 4) is 6.07 Å². The zero-order valence-corrected chi connectivity index (χ0v) is 7.31. The number of aliphatic hydroxyl groups excluding tert-OH is 2. The number of pyridine rings is 1. The van der Waals surface area contributed by atoms with Crippen LogP contribution in [0.25, 0.3) is 0 Å². The first-order valence-electron chi connectivity index (χ1n) is 3.52. The fourth-order valence-electron chi connectivity index (χ4n) is 0.795. The van der Waals surface area contributed by atoms with E-state index in [9.17, 15) is 5.11 Å². The van der Waals surface area contributed by atoms with Crippen LogP contribution in [-0.4, -0.2) is 21.3 Å². The van der Waals surface area contributed by atoms with E-state index in [1.165, 1.54) is 24.4 Å². The fourth-order valence-corrected chi connectivity index (χ4v) is 0.906. The maximum absolute atomic E-state index is 9.30. The third kappa shape index (κ3) is 2.39. The van der Waals surface area contributed by atoms with E-state index in [2.05, 4.69) is 4.98 Å². The molecule has 1 rings (SSSR count). The second-order valence-corrected chi connectivity index (χ2v) is 2.86. The first kappa shape index (κ1) is 9.93. The maximum Gasteiger partial charge on any atom is 0.171 e. The van der Waals surface area contributed by atoms with Crippen molar-refractivity contribution in [2.45, 2.75) is 12.2 Å². The van der Waals surface area contributed by atoms with Crippen molar-refractivity contribution in [3.05, 3.63) is 29.0 Å². The predicted octanol–water partition coefficient (Wildman–Crippen LogP) is 0.653. The van der Waals surface area contributed by atoms with Crippen LogP contribution in [0.5, 0.6) is 0 Å². The molecule has 0 aromatic carbocycles. The Labute approximate surface area is 80.0 Å². The third-order valence-electron chi connectivity index (χ3n) is 1.48. The van der Waals surface area contributed by atoms with Crippen LogP contribution in [0, 0.1) is 11.3 Å². The van der Waals surface area contributed by atoms with Crippen LogP contribution in [0.3, 0.4) is 0 Å². The Bertz CT molecular complexity index is 320. The van der Waals surface area contributed by atoms with Gasteiger partial charge in [-0.1, -0.05) is 11.6 Å². The van der Waals surface area contributed by atoms with Crippen LogP contribution in [0.4, 0.5) is 0 Å². The molecule has 0 radical (unpaired) electrons. The van der Waals surface area contributed by atoms with Crippen molar-refractivity contribution in [2.75, 3.05) is 0 Å². The molecule has 4 nitrogen and oxygen atoms in total. The molecule has 0 fully saturated rings. The van der Waals surface area contributed by atoms with Gasteiger partial charge >= 0.3 is 0 Å². The zero-order valence-electron chi connectivity index (χ0n) is 6.55. The Hall–Kier alpha value is -1.15. The van der Waals surface area contributed by atoms with Gasteiger partial charge in [-0.3, -0.25) is 4.98 Å². The van der Waals surface area contributed by atoms with Crippen LogP contribution < -0.4 is 0 Å². The summed E-state index contributed by atoms with van der Waals surface area (Å²) in [6.45, 7) is 0. The van der Waals surface area contributed by atoms with E-state index >= 15 is 0 Å². The molecule has 0 amide bonds. The maximum atomic E-state index is 9.30. The standard InChI is InChI=1S/C8H7ClN2O2/c9-5-1-2-6(11-4-5)8(13)7(12)3-10/h1-2,4,7-8,12-13H. The highest BCUT2D eigenvalue weighted by molar-refractivity contribution is 6.30. The molecular formula is C8H7ClN2O2. The quantitative estimate of drug-likeness (QED) is 0.685. The van der Waals surface area contributed by atoms with E-state index in [0.717, 1.165) is 0 Å². The molecule has 0 spiro atoms. The first-order valence-corrected chi connectivity index (χ1v) is 3.90. The molecule has 2 N–H and O–H groups in total. The molecule has 0 bridgehead atoms.